The first-order valence-electron chi connectivity index (χ1n) is 18.9. The molecule has 0 radical (unpaired) electrons. The van der Waals surface area contributed by atoms with E-state index in [0.29, 0.717) is 17.6 Å². The number of benzene rings is 8. The topological polar surface area (TPSA) is 48.5 Å². The molecule has 0 saturated carbocycles. The van der Waals surface area contributed by atoms with Crippen LogP contribution >= 0.6 is 0 Å². The van der Waals surface area contributed by atoms with E-state index in [-0.39, 0.29) is 0 Å². The second-order valence-corrected chi connectivity index (χ2v) is 14.1. The van der Waals surface area contributed by atoms with Gasteiger partial charge < -0.3 is 4.57 Å². The van der Waals surface area contributed by atoms with Crippen molar-refractivity contribution in [3.05, 3.63) is 200 Å². The zero-order chi connectivity index (χ0) is 37.0. The summed E-state index contributed by atoms with van der Waals surface area (Å²) in [5.41, 5.74) is 11.9. The van der Waals surface area contributed by atoms with E-state index in [1.54, 1.807) is 0 Å². The Morgan fingerprint density at radius 2 is 0.732 bits per heavy atom. The molecule has 11 aromatic rings. The van der Waals surface area contributed by atoms with Gasteiger partial charge in [-0.2, -0.15) is 9.97 Å². The summed E-state index contributed by atoms with van der Waals surface area (Å²) in [6.45, 7) is 0. The van der Waals surface area contributed by atoms with Gasteiger partial charge in [0, 0.05) is 38.4 Å². The fourth-order valence-corrected chi connectivity index (χ4v) is 8.19. The van der Waals surface area contributed by atoms with Crippen molar-refractivity contribution in [1.29, 1.82) is 0 Å². The lowest BCUT2D eigenvalue weighted by Gasteiger charge is -2.14. The lowest BCUT2D eigenvalue weighted by molar-refractivity contribution is 0.953. The Bertz CT molecular complexity index is 3220. The van der Waals surface area contributed by atoms with E-state index in [2.05, 4.69) is 185 Å². The molecule has 8 aromatic carbocycles. The summed E-state index contributed by atoms with van der Waals surface area (Å²) >= 11 is 0. The van der Waals surface area contributed by atoms with Gasteiger partial charge in [0.25, 0.3) is 0 Å². The Kier molecular flexibility index (Phi) is 7.42. The van der Waals surface area contributed by atoms with Crippen molar-refractivity contribution >= 4 is 43.6 Å². The first-order valence-corrected chi connectivity index (χ1v) is 18.9. The van der Waals surface area contributed by atoms with Crippen LogP contribution in [0.15, 0.2) is 200 Å². The summed E-state index contributed by atoms with van der Waals surface area (Å²) in [4.78, 5) is 15.8. The van der Waals surface area contributed by atoms with E-state index >= 15 is 0 Å². The summed E-state index contributed by atoms with van der Waals surface area (Å²) in [7, 11) is 0. The van der Waals surface area contributed by atoms with Crippen molar-refractivity contribution in [2.45, 2.75) is 0 Å². The normalized spacial score (nSPS) is 11.6. The molecule has 0 spiro atoms. The molecule has 0 aliphatic carbocycles. The summed E-state index contributed by atoms with van der Waals surface area (Å²) in [5, 5.41) is 4.62. The molecular weight excluding hydrogens is 683 g/mol. The van der Waals surface area contributed by atoms with Gasteiger partial charge in [-0.3, -0.25) is 4.57 Å². The predicted octanol–water partition coefficient (Wildman–Crippen LogP) is 12.7. The Balaban J connectivity index is 1.22. The van der Waals surface area contributed by atoms with Crippen LogP contribution in [0.3, 0.4) is 0 Å². The molecular formula is C51H33N5. The second kappa shape index (κ2) is 13.0. The van der Waals surface area contributed by atoms with Gasteiger partial charge >= 0.3 is 0 Å². The minimum absolute atomic E-state index is 0.564. The van der Waals surface area contributed by atoms with Crippen LogP contribution in [-0.4, -0.2) is 24.1 Å². The molecule has 0 N–H and O–H groups in total. The minimum atomic E-state index is 0.564. The fraction of sp³-hybridized carbons (Fsp3) is 0. The van der Waals surface area contributed by atoms with Crippen LogP contribution in [0.5, 0.6) is 0 Å². The van der Waals surface area contributed by atoms with Gasteiger partial charge in [-0.05, 0) is 52.6 Å². The molecule has 0 aliphatic rings. The first-order chi connectivity index (χ1) is 27.8. The quantitative estimate of drug-likeness (QED) is 0.172. The first kappa shape index (κ1) is 31.9. The standard InChI is InChI=1S/C51H33N5/c1-4-15-34(16-5-1)36-27-29-40(30-28-36)55-45-25-12-10-23-41(45)43-31-32-44-42-24-11-13-26-46(42)56(48(44)47(43)55)51-53-49(37-19-8-3-9-20-37)52-50(54-51)39-22-14-21-38(33-39)35-17-6-2-7-18-35/h1-33H. The lowest BCUT2D eigenvalue weighted by atomic mass is 10.0. The third-order valence-corrected chi connectivity index (χ3v) is 10.8. The molecule has 0 saturated heterocycles. The number of rotatable bonds is 6. The number of hydrogen-bond acceptors (Lipinski definition) is 3. The van der Waals surface area contributed by atoms with Crippen LogP contribution in [0, 0.1) is 0 Å². The van der Waals surface area contributed by atoms with Crippen molar-refractivity contribution in [1.82, 2.24) is 24.1 Å². The van der Waals surface area contributed by atoms with Crippen molar-refractivity contribution in [3.63, 3.8) is 0 Å². The van der Waals surface area contributed by atoms with Crippen LogP contribution in [0.25, 0.3) is 100 Å². The van der Waals surface area contributed by atoms with E-state index in [0.717, 1.165) is 66.2 Å². The van der Waals surface area contributed by atoms with Crippen molar-refractivity contribution < 1.29 is 0 Å². The molecule has 0 bridgehead atoms. The number of hydrogen-bond donors (Lipinski definition) is 0. The number of nitrogens with zero attached hydrogens (tertiary/aromatic N) is 5. The summed E-state index contributed by atoms with van der Waals surface area (Å²) in [6, 6.07) is 70.3. The highest BCUT2D eigenvalue weighted by molar-refractivity contribution is 6.23. The number of para-hydroxylation sites is 2. The SMILES string of the molecule is c1ccc(-c2ccc(-n3c4ccccc4c4ccc5c6ccccc6n(-c6nc(-c7ccccc7)nc(-c7cccc(-c8ccccc8)c7)n6)c5c43)cc2)cc1. The van der Waals surface area contributed by atoms with Gasteiger partial charge in [-0.25, -0.2) is 4.98 Å². The Morgan fingerprint density at radius 1 is 0.286 bits per heavy atom. The largest absolute Gasteiger partial charge is 0.307 e. The molecule has 56 heavy (non-hydrogen) atoms. The number of aromatic nitrogens is 5. The van der Waals surface area contributed by atoms with Gasteiger partial charge in [0.05, 0.1) is 22.1 Å². The smallest absolute Gasteiger partial charge is 0.238 e. The molecule has 3 aromatic heterocycles. The summed E-state index contributed by atoms with van der Waals surface area (Å²) in [5.74, 6) is 1.79. The molecule has 0 fully saturated rings. The maximum atomic E-state index is 5.35. The van der Waals surface area contributed by atoms with E-state index in [4.69, 9.17) is 15.0 Å². The van der Waals surface area contributed by atoms with Crippen LogP contribution in [-0.2, 0) is 0 Å². The fourth-order valence-electron chi connectivity index (χ4n) is 8.19. The van der Waals surface area contributed by atoms with Crippen LogP contribution in [0.1, 0.15) is 0 Å². The third kappa shape index (κ3) is 5.21. The van der Waals surface area contributed by atoms with E-state index in [1.807, 2.05) is 24.3 Å². The minimum Gasteiger partial charge on any atom is -0.307 e. The molecule has 0 aliphatic heterocycles. The van der Waals surface area contributed by atoms with Crippen LogP contribution in [0.2, 0.25) is 0 Å². The molecule has 5 nitrogen and oxygen atoms in total. The van der Waals surface area contributed by atoms with Crippen molar-refractivity contribution in [2.24, 2.45) is 0 Å². The molecule has 0 amide bonds. The van der Waals surface area contributed by atoms with Gasteiger partial charge in [0.2, 0.25) is 5.95 Å². The molecule has 5 heteroatoms. The van der Waals surface area contributed by atoms with E-state index < -0.39 is 0 Å². The zero-order valence-electron chi connectivity index (χ0n) is 30.3. The average Bonchev–Trinajstić information content (AvgIpc) is 3.80. The maximum absolute atomic E-state index is 5.35. The van der Waals surface area contributed by atoms with Gasteiger partial charge in [0.15, 0.2) is 11.6 Å². The lowest BCUT2D eigenvalue weighted by Crippen LogP contribution is -2.07. The highest BCUT2D eigenvalue weighted by Gasteiger charge is 2.23. The van der Waals surface area contributed by atoms with E-state index in [1.165, 1.54) is 16.5 Å². The van der Waals surface area contributed by atoms with Crippen molar-refractivity contribution in [3.8, 4) is 56.7 Å². The Morgan fingerprint density at radius 3 is 1.36 bits per heavy atom. The average molecular weight is 716 g/mol. The molecule has 0 unspecified atom stereocenters. The second-order valence-electron chi connectivity index (χ2n) is 14.1. The Hall–Kier alpha value is -7.63. The zero-order valence-corrected chi connectivity index (χ0v) is 30.3. The van der Waals surface area contributed by atoms with Gasteiger partial charge in [-0.15, -0.1) is 0 Å². The summed E-state index contributed by atoms with van der Waals surface area (Å²) in [6.07, 6.45) is 0. The highest BCUT2D eigenvalue weighted by Crippen LogP contribution is 2.42. The molecule has 262 valence electrons. The molecule has 0 atom stereocenters. The van der Waals surface area contributed by atoms with E-state index in [9.17, 15) is 0 Å². The van der Waals surface area contributed by atoms with Crippen molar-refractivity contribution in [2.75, 3.05) is 0 Å². The molecule has 3 heterocycles. The molecule has 11 rings (SSSR count). The highest BCUT2D eigenvalue weighted by atomic mass is 15.2. The number of fused-ring (bicyclic) bond motifs is 7. The Labute approximate surface area is 323 Å². The van der Waals surface area contributed by atoms with Gasteiger partial charge in [0.1, 0.15) is 0 Å². The predicted molar refractivity (Wildman–Crippen MR) is 230 cm³/mol. The van der Waals surface area contributed by atoms with Crippen LogP contribution < -0.4 is 0 Å². The van der Waals surface area contributed by atoms with Crippen LogP contribution in [0.4, 0.5) is 0 Å². The van der Waals surface area contributed by atoms with Gasteiger partial charge in [-0.1, -0.05) is 170 Å². The summed E-state index contributed by atoms with van der Waals surface area (Å²) < 4.78 is 4.65. The maximum Gasteiger partial charge on any atom is 0.238 e. The monoisotopic (exact) mass is 715 g/mol. The third-order valence-electron chi connectivity index (χ3n) is 10.8.